The second-order valence-electron chi connectivity index (χ2n) is 5.93. The molecule has 0 bridgehead atoms. The molecule has 0 spiro atoms. The highest BCUT2D eigenvalue weighted by Crippen LogP contribution is 2.21. The van der Waals surface area contributed by atoms with Gasteiger partial charge in [-0.2, -0.15) is 0 Å². The van der Waals surface area contributed by atoms with Crippen LogP contribution in [0.5, 0.6) is 0 Å². The summed E-state index contributed by atoms with van der Waals surface area (Å²) in [7, 11) is 0. The Morgan fingerprint density at radius 2 is 2.04 bits per heavy atom. The third-order valence-electron chi connectivity index (χ3n) is 3.75. The quantitative estimate of drug-likeness (QED) is 0.773. The van der Waals surface area contributed by atoms with E-state index in [4.69, 9.17) is 0 Å². The number of nitrogens with zero attached hydrogens (tertiary/aromatic N) is 3. The minimum atomic E-state index is -0.0395. The summed E-state index contributed by atoms with van der Waals surface area (Å²) in [5.41, 5.74) is 4.08. The first-order chi connectivity index (χ1) is 11.5. The highest BCUT2D eigenvalue weighted by Gasteiger charge is 2.11. The van der Waals surface area contributed by atoms with Crippen molar-refractivity contribution in [2.24, 2.45) is 0 Å². The summed E-state index contributed by atoms with van der Waals surface area (Å²) in [6.45, 7) is 6.23. The van der Waals surface area contributed by atoms with Crippen LogP contribution in [0.25, 0.3) is 10.7 Å². The van der Waals surface area contributed by atoms with Gasteiger partial charge in [0.15, 0.2) is 0 Å². The first-order valence-electron chi connectivity index (χ1n) is 7.81. The topological polar surface area (TPSA) is 59.8 Å². The molecule has 1 N–H and O–H groups in total. The monoisotopic (exact) mass is 340 g/mol. The molecule has 3 rings (SSSR count). The van der Waals surface area contributed by atoms with E-state index in [2.05, 4.69) is 27.4 Å². The molecule has 0 aliphatic carbocycles. The van der Waals surface area contributed by atoms with E-state index in [9.17, 15) is 4.79 Å². The van der Waals surface area contributed by atoms with E-state index >= 15 is 0 Å². The normalized spacial score (nSPS) is 12.1. The van der Waals surface area contributed by atoms with Crippen LogP contribution < -0.4 is 5.32 Å². The number of hydrogen-bond acceptors (Lipinski definition) is 4. The lowest BCUT2D eigenvalue weighted by molar-refractivity contribution is -0.122. The first-order valence-corrected chi connectivity index (χ1v) is 8.69. The Labute approximate surface area is 145 Å². The largest absolute Gasteiger partial charge is 0.348 e. The molecule has 1 aromatic carbocycles. The molecular weight excluding hydrogens is 320 g/mol. The maximum absolute atomic E-state index is 12.2. The number of carbonyl (C=O) groups excluding carboxylic acids is 1. The molecule has 0 saturated carbocycles. The van der Waals surface area contributed by atoms with Crippen LogP contribution in [0.2, 0.25) is 0 Å². The van der Waals surface area contributed by atoms with Crippen LogP contribution in [-0.4, -0.2) is 20.4 Å². The second-order valence-corrected chi connectivity index (χ2v) is 6.78. The smallest absolute Gasteiger partial charge is 0.240 e. The highest BCUT2D eigenvalue weighted by atomic mass is 32.1. The Morgan fingerprint density at radius 1 is 1.29 bits per heavy atom. The number of aromatic nitrogens is 3. The first kappa shape index (κ1) is 16.4. The fourth-order valence-electron chi connectivity index (χ4n) is 2.42. The minimum Gasteiger partial charge on any atom is -0.348 e. The van der Waals surface area contributed by atoms with Gasteiger partial charge in [0.2, 0.25) is 5.91 Å². The number of thiazole rings is 1. The van der Waals surface area contributed by atoms with Gasteiger partial charge in [0, 0.05) is 17.3 Å². The van der Waals surface area contributed by atoms with Crippen molar-refractivity contribution >= 4 is 17.2 Å². The molecule has 0 aliphatic rings. The summed E-state index contributed by atoms with van der Waals surface area (Å²) in [5.74, 6) is -0.0395. The van der Waals surface area contributed by atoms with Crippen molar-refractivity contribution < 1.29 is 4.79 Å². The standard InChI is InChI=1S/C18H20N4OS/c1-12-4-6-15(7-5-12)14(3)21-17(23)9-22-8-16(19-11-22)18-20-13(2)10-24-18/h4-8,10-11,14H,9H2,1-3H3,(H,21,23)/t14-/m1/s1. The SMILES string of the molecule is Cc1ccc([C@@H](C)NC(=O)Cn2cnc(-c3nc(C)cs3)c2)cc1. The van der Waals surface area contributed by atoms with Gasteiger partial charge in [-0.05, 0) is 26.3 Å². The van der Waals surface area contributed by atoms with Gasteiger partial charge in [-0.25, -0.2) is 9.97 Å². The molecule has 3 aromatic rings. The number of imidazole rings is 1. The zero-order valence-corrected chi connectivity index (χ0v) is 14.8. The Morgan fingerprint density at radius 3 is 2.71 bits per heavy atom. The third-order valence-corrected chi connectivity index (χ3v) is 4.74. The number of benzene rings is 1. The summed E-state index contributed by atoms with van der Waals surface area (Å²) in [6, 6.07) is 8.16. The van der Waals surface area contributed by atoms with Gasteiger partial charge < -0.3 is 9.88 Å². The molecule has 0 saturated heterocycles. The molecule has 6 heteroatoms. The van der Waals surface area contributed by atoms with E-state index in [-0.39, 0.29) is 18.5 Å². The fourth-order valence-corrected chi connectivity index (χ4v) is 3.18. The van der Waals surface area contributed by atoms with Gasteiger partial charge >= 0.3 is 0 Å². The summed E-state index contributed by atoms with van der Waals surface area (Å²) in [4.78, 5) is 21.0. The van der Waals surface area contributed by atoms with Gasteiger partial charge in [-0.1, -0.05) is 29.8 Å². The third kappa shape index (κ3) is 3.89. The number of hydrogen-bond donors (Lipinski definition) is 1. The van der Waals surface area contributed by atoms with E-state index < -0.39 is 0 Å². The lowest BCUT2D eigenvalue weighted by Gasteiger charge is -2.14. The van der Waals surface area contributed by atoms with Crippen molar-refractivity contribution in [1.29, 1.82) is 0 Å². The van der Waals surface area contributed by atoms with Crippen molar-refractivity contribution in [1.82, 2.24) is 19.9 Å². The summed E-state index contributed by atoms with van der Waals surface area (Å²) >= 11 is 1.56. The van der Waals surface area contributed by atoms with Crippen LogP contribution in [0.15, 0.2) is 42.2 Å². The summed E-state index contributed by atoms with van der Waals surface area (Å²) in [5, 5.41) is 5.88. The Hall–Kier alpha value is -2.47. The lowest BCUT2D eigenvalue weighted by Crippen LogP contribution is -2.29. The van der Waals surface area contributed by atoms with E-state index in [1.807, 2.05) is 44.5 Å². The molecule has 0 radical (unpaired) electrons. The number of aryl methyl sites for hydroxylation is 2. The lowest BCUT2D eigenvalue weighted by atomic mass is 10.1. The Kier molecular flexibility index (Phi) is 4.76. The van der Waals surface area contributed by atoms with Gasteiger partial charge in [0.1, 0.15) is 17.2 Å². The molecule has 0 aliphatic heterocycles. The zero-order valence-electron chi connectivity index (χ0n) is 14.0. The number of nitrogens with one attached hydrogen (secondary N) is 1. The van der Waals surface area contributed by atoms with Gasteiger partial charge in [0.05, 0.1) is 12.4 Å². The molecule has 2 aromatic heterocycles. The van der Waals surface area contributed by atoms with E-state index in [0.29, 0.717) is 0 Å². The molecular formula is C18H20N4OS. The van der Waals surface area contributed by atoms with Crippen LogP contribution in [0.1, 0.15) is 29.8 Å². The van der Waals surface area contributed by atoms with Gasteiger partial charge in [0.25, 0.3) is 0 Å². The number of carbonyl (C=O) groups is 1. The molecule has 24 heavy (non-hydrogen) atoms. The average molecular weight is 340 g/mol. The predicted octanol–water partition coefficient (Wildman–Crippen LogP) is 3.50. The van der Waals surface area contributed by atoms with Crippen LogP contribution in [0.4, 0.5) is 0 Å². The van der Waals surface area contributed by atoms with Crippen LogP contribution >= 0.6 is 11.3 Å². The van der Waals surface area contributed by atoms with E-state index in [1.54, 1.807) is 22.2 Å². The summed E-state index contributed by atoms with van der Waals surface area (Å²) < 4.78 is 1.78. The molecule has 2 heterocycles. The van der Waals surface area contributed by atoms with E-state index in [1.165, 1.54) is 5.56 Å². The Bertz CT molecular complexity index is 835. The predicted molar refractivity (Wildman–Crippen MR) is 95.8 cm³/mol. The summed E-state index contributed by atoms with van der Waals surface area (Å²) in [6.07, 6.45) is 3.52. The van der Waals surface area contributed by atoms with E-state index in [0.717, 1.165) is 22.0 Å². The molecule has 1 atom stereocenters. The number of amides is 1. The van der Waals surface area contributed by atoms with Crippen molar-refractivity contribution in [3.05, 3.63) is 59.0 Å². The van der Waals surface area contributed by atoms with Gasteiger partial charge in [-0.3, -0.25) is 4.79 Å². The molecule has 0 fully saturated rings. The van der Waals surface area contributed by atoms with Crippen molar-refractivity contribution in [2.75, 3.05) is 0 Å². The fraction of sp³-hybridized carbons (Fsp3) is 0.278. The van der Waals surface area contributed by atoms with Gasteiger partial charge in [-0.15, -0.1) is 11.3 Å². The molecule has 0 unspecified atom stereocenters. The Balaban J connectivity index is 1.60. The molecule has 5 nitrogen and oxygen atoms in total. The van der Waals surface area contributed by atoms with Crippen molar-refractivity contribution in [3.8, 4) is 10.7 Å². The number of rotatable bonds is 5. The van der Waals surface area contributed by atoms with Crippen molar-refractivity contribution in [3.63, 3.8) is 0 Å². The highest BCUT2D eigenvalue weighted by molar-refractivity contribution is 7.13. The molecule has 124 valence electrons. The van der Waals surface area contributed by atoms with Crippen LogP contribution in [-0.2, 0) is 11.3 Å². The van der Waals surface area contributed by atoms with Crippen LogP contribution in [0, 0.1) is 13.8 Å². The zero-order chi connectivity index (χ0) is 17.1. The van der Waals surface area contributed by atoms with Crippen LogP contribution in [0.3, 0.4) is 0 Å². The average Bonchev–Trinajstić information content (AvgIpc) is 3.16. The second kappa shape index (κ2) is 6.97. The van der Waals surface area contributed by atoms with Crippen molar-refractivity contribution in [2.45, 2.75) is 33.4 Å². The molecule has 1 amide bonds. The maximum Gasteiger partial charge on any atom is 0.240 e. The minimum absolute atomic E-state index is 0.0253. The maximum atomic E-state index is 12.2.